The molecule has 1 aliphatic heterocycles. The number of rotatable bonds is 7. The zero-order valence-corrected chi connectivity index (χ0v) is 29.3. The number of unbranched alkanes of at least 4 members (excludes halogenated alkanes) is 1. The number of esters is 1. The highest BCUT2D eigenvalue weighted by molar-refractivity contribution is 5.99. The Balaban J connectivity index is 1.51. The van der Waals surface area contributed by atoms with Crippen molar-refractivity contribution in [1.29, 1.82) is 0 Å². The summed E-state index contributed by atoms with van der Waals surface area (Å²) in [4.78, 5) is 55.8. The molecule has 49 heavy (non-hydrogen) atoms. The molecule has 0 fully saturated rings. The molecular weight excluding hydrogens is 612 g/mol. The van der Waals surface area contributed by atoms with Crippen LogP contribution in [-0.4, -0.2) is 48.7 Å². The van der Waals surface area contributed by atoms with Gasteiger partial charge in [-0.05, 0) is 95.0 Å². The van der Waals surface area contributed by atoms with Crippen molar-refractivity contribution in [3.63, 3.8) is 0 Å². The Labute approximate surface area is 289 Å². The molecule has 4 bridgehead atoms. The number of nitrogens with one attached hydrogen (secondary N) is 1. The zero-order chi connectivity index (χ0) is 35.2. The van der Waals surface area contributed by atoms with Gasteiger partial charge in [-0.1, -0.05) is 87.0 Å². The van der Waals surface area contributed by atoms with Gasteiger partial charge in [0.1, 0.15) is 12.1 Å². The molecule has 7 nitrogen and oxygen atoms in total. The fraction of sp³-hybridized carbons (Fsp3) is 0.333. The van der Waals surface area contributed by atoms with E-state index in [1.165, 1.54) is 17.6 Å². The molecule has 1 N–H and O–H groups in total. The fourth-order valence-electron chi connectivity index (χ4n) is 6.57. The number of benzene rings is 4. The summed E-state index contributed by atoms with van der Waals surface area (Å²) in [5, 5.41) is 2.81. The van der Waals surface area contributed by atoms with E-state index in [2.05, 4.69) is 36.5 Å². The maximum absolute atomic E-state index is 14.2. The predicted molar refractivity (Wildman–Crippen MR) is 193 cm³/mol. The topological polar surface area (TPSA) is 92.8 Å². The molecule has 7 heteroatoms. The van der Waals surface area contributed by atoms with Gasteiger partial charge in [0.2, 0.25) is 5.91 Å². The summed E-state index contributed by atoms with van der Waals surface area (Å²) in [6, 6.07) is 25.9. The van der Waals surface area contributed by atoms with Gasteiger partial charge in [0, 0.05) is 31.4 Å². The molecule has 0 aliphatic carbocycles. The monoisotopic (exact) mass is 658 g/mol. The Morgan fingerprint density at radius 2 is 1.45 bits per heavy atom. The standard InChI is InChI=1S/C42H46N2O5/c1-7-8-9-29-13-16-31(17-14-29)32-18-20-33(21-19-32)41(47)44(5)39-34-15-11-27(3)36(25-34)35-23-30(12-10-26(35)2)24-37(42(48)49-6)43-40(46)28(4)22-38(39)45/h10-21,23,25,28,37,39H,7-9,22,24H2,1-6H3,(H,43,46)/t28-,37+,39+/m1/s1. The molecule has 0 saturated carbocycles. The first-order valence-corrected chi connectivity index (χ1v) is 17.1. The largest absolute Gasteiger partial charge is 0.467 e. The summed E-state index contributed by atoms with van der Waals surface area (Å²) in [7, 11) is 2.93. The van der Waals surface area contributed by atoms with E-state index >= 15 is 0 Å². The van der Waals surface area contributed by atoms with Gasteiger partial charge < -0.3 is 15.0 Å². The number of hydrogen-bond acceptors (Lipinski definition) is 5. The van der Waals surface area contributed by atoms with Gasteiger partial charge in [0.05, 0.1) is 7.11 Å². The molecule has 0 aromatic heterocycles. The number of Topliss-reactive ketones (excluding diaryl/α,β-unsaturated/α-hetero) is 1. The maximum atomic E-state index is 14.2. The summed E-state index contributed by atoms with van der Waals surface area (Å²) < 4.78 is 5.02. The second kappa shape index (κ2) is 15.5. The molecular formula is C42H46N2O5. The Bertz CT molecular complexity index is 1840. The van der Waals surface area contributed by atoms with Crippen molar-refractivity contribution in [2.24, 2.45) is 5.92 Å². The first-order chi connectivity index (χ1) is 23.5. The number of amides is 2. The number of aryl methyl sites for hydroxylation is 3. The van der Waals surface area contributed by atoms with E-state index < -0.39 is 29.9 Å². The molecule has 0 spiro atoms. The van der Waals surface area contributed by atoms with E-state index in [-0.39, 0.29) is 24.5 Å². The van der Waals surface area contributed by atoms with Crippen molar-refractivity contribution in [2.45, 2.75) is 71.9 Å². The first-order valence-electron chi connectivity index (χ1n) is 17.1. The average molecular weight is 659 g/mol. The van der Waals surface area contributed by atoms with Gasteiger partial charge in [0.15, 0.2) is 5.78 Å². The van der Waals surface area contributed by atoms with Crippen molar-refractivity contribution in [3.05, 3.63) is 118 Å². The Hall–Kier alpha value is -5.04. The highest BCUT2D eigenvalue weighted by Gasteiger charge is 2.33. The zero-order valence-electron chi connectivity index (χ0n) is 29.3. The smallest absolute Gasteiger partial charge is 0.328 e. The molecule has 3 atom stereocenters. The van der Waals surface area contributed by atoms with E-state index in [4.69, 9.17) is 4.74 Å². The normalized spacial score (nSPS) is 17.9. The number of ketones is 1. The van der Waals surface area contributed by atoms with E-state index in [1.807, 2.05) is 62.4 Å². The minimum Gasteiger partial charge on any atom is -0.467 e. The van der Waals surface area contributed by atoms with Crippen molar-refractivity contribution in [1.82, 2.24) is 10.2 Å². The number of hydrogen-bond donors (Lipinski definition) is 1. The van der Waals surface area contributed by atoms with E-state index in [0.29, 0.717) is 11.1 Å². The fourth-order valence-corrected chi connectivity index (χ4v) is 6.57. The van der Waals surface area contributed by atoms with Crippen molar-refractivity contribution in [2.75, 3.05) is 14.2 Å². The summed E-state index contributed by atoms with van der Waals surface area (Å²) in [5.41, 5.74) is 9.29. The third-order valence-electron chi connectivity index (χ3n) is 9.62. The third kappa shape index (κ3) is 7.99. The lowest BCUT2D eigenvalue weighted by molar-refractivity contribution is -0.145. The van der Waals surface area contributed by atoms with E-state index in [9.17, 15) is 19.2 Å². The van der Waals surface area contributed by atoms with E-state index in [1.54, 1.807) is 26.1 Å². The summed E-state index contributed by atoms with van der Waals surface area (Å²) in [6.07, 6.45) is 3.49. The Kier molecular flexibility index (Phi) is 11.1. The van der Waals surface area contributed by atoms with Gasteiger partial charge in [-0.15, -0.1) is 0 Å². The SMILES string of the molecule is CCCCc1ccc(-c2ccc(C(=O)N(C)[C@@H]3C(=O)C[C@@H](C)C(=O)N[C@H](C(=O)OC)Cc4ccc(C)c(c4)-c4cc3ccc4C)cc2)cc1. The summed E-state index contributed by atoms with van der Waals surface area (Å²) in [6.45, 7) is 7.87. The lowest BCUT2D eigenvalue weighted by atomic mass is 9.87. The predicted octanol–water partition coefficient (Wildman–Crippen LogP) is 7.60. The van der Waals surface area contributed by atoms with Crippen LogP contribution in [0.5, 0.6) is 0 Å². The molecule has 4 aromatic rings. The Morgan fingerprint density at radius 1 is 0.837 bits per heavy atom. The third-order valence-corrected chi connectivity index (χ3v) is 9.62. The van der Waals surface area contributed by atoms with Gasteiger partial charge in [-0.25, -0.2) is 4.79 Å². The first kappa shape index (κ1) is 35.3. The molecule has 0 radical (unpaired) electrons. The van der Waals surface area contributed by atoms with Crippen LogP contribution in [-0.2, 0) is 32.0 Å². The Morgan fingerprint density at radius 3 is 2.08 bits per heavy atom. The molecule has 2 amide bonds. The van der Waals surface area contributed by atoms with Gasteiger partial charge in [-0.2, -0.15) is 0 Å². The van der Waals surface area contributed by atoms with Crippen LogP contribution in [0.1, 0.15) is 77.3 Å². The number of fused-ring (bicyclic) bond motifs is 5. The molecule has 1 heterocycles. The van der Waals surface area contributed by atoms with Crippen LogP contribution in [0.2, 0.25) is 0 Å². The number of carbonyl (C=O) groups excluding carboxylic acids is 4. The highest BCUT2D eigenvalue weighted by Crippen LogP contribution is 2.34. The average Bonchev–Trinajstić information content (AvgIpc) is 3.11. The van der Waals surface area contributed by atoms with Gasteiger partial charge >= 0.3 is 5.97 Å². The second-order valence-electron chi connectivity index (χ2n) is 13.3. The number of nitrogens with zero attached hydrogens (tertiary/aromatic N) is 1. The number of likely N-dealkylation sites (N-methyl/N-ethyl adjacent to an activating group) is 1. The van der Waals surface area contributed by atoms with Crippen LogP contribution >= 0.6 is 0 Å². The van der Waals surface area contributed by atoms with Crippen LogP contribution in [0.4, 0.5) is 0 Å². The lowest BCUT2D eigenvalue weighted by Gasteiger charge is -2.30. The quantitative estimate of drug-likeness (QED) is 0.207. The minimum absolute atomic E-state index is 0.122. The number of carbonyl (C=O) groups is 4. The molecule has 4 aromatic carbocycles. The van der Waals surface area contributed by atoms with Crippen LogP contribution < -0.4 is 5.32 Å². The van der Waals surface area contributed by atoms with Crippen LogP contribution in [0.25, 0.3) is 22.3 Å². The van der Waals surface area contributed by atoms with Gasteiger partial charge in [0.25, 0.3) is 5.91 Å². The lowest BCUT2D eigenvalue weighted by Crippen LogP contribution is -2.46. The maximum Gasteiger partial charge on any atom is 0.328 e. The number of methoxy groups -OCH3 is 1. The summed E-state index contributed by atoms with van der Waals surface area (Å²) >= 11 is 0. The van der Waals surface area contributed by atoms with Crippen molar-refractivity contribution < 1.29 is 23.9 Å². The van der Waals surface area contributed by atoms with Crippen LogP contribution in [0, 0.1) is 19.8 Å². The van der Waals surface area contributed by atoms with E-state index in [0.717, 1.165) is 58.2 Å². The minimum atomic E-state index is -0.944. The van der Waals surface area contributed by atoms with Crippen molar-refractivity contribution in [3.8, 4) is 22.3 Å². The van der Waals surface area contributed by atoms with Crippen LogP contribution in [0.3, 0.4) is 0 Å². The molecule has 0 unspecified atom stereocenters. The number of ether oxygens (including phenoxy) is 1. The van der Waals surface area contributed by atoms with Crippen molar-refractivity contribution >= 4 is 23.6 Å². The molecule has 0 saturated heterocycles. The highest BCUT2D eigenvalue weighted by atomic mass is 16.5. The summed E-state index contributed by atoms with van der Waals surface area (Å²) in [5.74, 6) is -2.31. The molecule has 254 valence electrons. The molecule has 5 rings (SSSR count). The molecule has 1 aliphatic rings. The second-order valence-corrected chi connectivity index (χ2v) is 13.3. The van der Waals surface area contributed by atoms with Gasteiger partial charge in [-0.3, -0.25) is 14.4 Å². The van der Waals surface area contributed by atoms with Crippen LogP contribution in [0.15, 0.2) is 84.9 Å².